The Bertz CT molecular complexity index is 548. The van der Waals surface area contributed by atoms with Crippen molar-refractivity contribution in [1.29, 1.82) is 0 Å². The average molecular weight is 305 g/mol. The summed E-state index contributed by atoms with van der Waals surface area (Å²) in [7, 11) is 1.60. The third kappa shape index (κ3) is 3.59. The average Bonchev–Trinajstić information content (AvgIpc) is 2.55. The van der Waals surface area contributed by atoms with Crippen LogP contribution in [0.1, 0.15) is 35.7 Å². The van der Waals surface area contributed by atoms with Gasteiger partial charge in [-0.05, 0) is 44.4 Å². The van der Waals surface area contributed by atoms with Crippen LogP contribution in [-0.4, -0.2) is 43.6 Å². The number of piperidine rings is 1. The Hall–Kier alpha value is -2.04. The molecular weight excluding hydrogens is 282 g/mol. The van der Waals surface area contributed by atoms with Gasteiger partial charge in [-0.2, -0.15) is 0 Å². The van der Waals surface area contributed by atoms with Gasteiger partial charge in [0.2, 0.25) is 0 Å². The van der Waals surface area contributed by atoms with Gasteiger partial charge in [-0.3, -0.25) is 9.59 Å². The van der Waals surface area contributed by atoms with E-state index >= 15 is 0 Å². The number of amides is 1. The van der Waals surface area contributed by atoms with Crippen LogP contribution in [0.5, 0.6) is 5.75 Å². The van der Waals surface area contributed by atoms with E-state index in [-0.39, 0.29) is 17.8 Å². The molecular formula is C17H23NO4. The Balaban J connectivity index is 1.99. The Labute approximate surface area is 131 Å². The van der Waals surface area contributed by atoms with Crippen molar-refractivity contribution in [2.75, 3.05) is 26.8 Å². The quantitative estimate of drug-likeness (QED) is 0.802. The van der Waals surface area contributed by atoms with Crippen molar-refractivity contribution in [3.8, 4) is 5.75 Å². The number of methoxy groups -OCH3 is 1. The zero-order valence-electron chi connectivity index (χ0n) is 13.4. The number of aryl methyl sites for hydroxylation is 1. The van der Waals surface area contributed by atoms with Crippen molar-refractivity contribution in [2.45, 2.75) is 26.7 Å². The minimum atomic E-state index is -0.147. The van der Waals surface area contributed by atoms with Gasteiger partial charge in [0.25, 0.3) is 5.91 Å². The van der Waals surface area contributed by atoms with Gasteiger partial charge in [0.05, 0.1) is 19.6 Å². The van der Waals surface area contributed by atoms with Crippen molar-refractivity contribution in [1.82, 2.24) is 4.90 Å². The number of rotatable bonds is 4. The maximum atomic E-state index is 12.5. The first-order valence-electron chi connectivity index (χ1n) is 7.67. The molecule has 1 heterocycles. The van der Waals surface area contributed by atoms with E-state index in [0.717, 1.165) is 5.56 Å². The fourth-order valence-electron chi connectivity index (χ4n) is 2.71. The van der Waals surface area contributed by atoms with Crippen LogP contribution in [0.2, 0.25) is 0 Å². The van der Waals surface area contributed by atoms with E-state index in [4.69, 9.17) is 9.47 Å². The fraction of sp³-hybridized carbons (Fsp3) is 0.529. The van der Waals surface area contributed by atoms with Gasteiger partial charge in [-0.1, -0.05) is 6.07 Å². The van der Waals surface area contributed by atoms with E-state index in [9.17, 15) is 9.59 Å². The predicted octanol–water partition coefficient (Wildman–Crippen LogP) is 2.42. The molecule has 0 bridgehead atoms. The molecule has 0 aliphatic carbocycles. The molecule has 0 radical (unpaired) electrons. The molecule has 0 unspecified atom stereocenters. The smallest absolute Gasteiger partial charge is 0.309 e. The summed E-state index contributed by atoms with van der Waals surface area (Å²) < 4.78 is 10.3. The van der Waals surface area contributed by atoms with Gasteiger partial charge >= 0.3 is 5.97 Å². The van der Waals surface area contributed by atoms with Crippen LogP contribution in [0.3, 0.4) is 0 Å². The summed E-state index contributed by atoms with van der Waals surface area (Å²) in [6.07, 6.45) is 1.32. The summed E-state index contributed by atoms with van der Waals surface area (Å²) in [6, 6.07) is 5.48. The molecule has 1 aromatic carbocycles. The first kappa shape index (κ1) is 16.3. The summed E-state index contributed by atoms with van der Waals surface area (Å²) in [6.45, 7) is 5.32. The van der Waals surface area contributed by atoms with Crippen LogP contribution >= 0.6 is 0 Å². The number of carbonyl (C=O) groups excluding carboxylic acids is 2. The van der Waals surface area contributed by atoms with Crippen LogP contribution in [0.15, 0.2) is 18.2 Å². The van der Waals surface area contributed by atoms with E-state index in [2.05, 4.69) is 0 Å². The zero-order valence-corrected chi connectivity index (χ0v) is 13.4. The Morgan fingerprint density at radius 1 is 1.27 bits per heavy atom. The number of esters is 1. The lowest BCUT2D eigenvalue weighted by atomic mass is 9.96. The van der Waals surface area contributed by atoms with Crippen molar-refractivity contribution >= 4 is 11.9 Å². The molecule has 1 saturated heterocycles. The second-order valence-electron chi connectivity index (χ2n) is 5.50. The lowest BCUT2D eigenvalue weighted by Gasteiger charge is -2.31. The SMILES string of the molecule is CCOC(=O)C1CCN(C(=O)c2ccc(C)c(OC)c2)CC1. The number of ether oxygens (including phenoxy) is 2. The van der Waals surface area contributed by atoms with Gasteiger partial charge in [-0.25, -0.2) is 0 Å². The maximum absolute atomic E-state index is 12.5. The molecule has 0 aromatic heterocycles. The van der Waals surface area contributed by atoms with Gasteiger partial charge in [-0.15, -0.1) is 0 Å². The topological polar surface area (TPSA) is 55.8 Å². The zero-order chi connectivity index (χ0) is 16.1. The van der Waals surface area contributed by atoms with Gasteiger partial charge in [0, 0.05) is 18.7 Å². The third-order valence-corrected chi connectivity index (χ3v) is 4.06. The van der Waals surface area contributed by atoms with Crippen LogP contribution in [0.4, 0.5) is 0 Å². The summed E-state index contributed by atoms with van der Waals surface area (Å²) >= 11 is 0. The Kier molecular flexibility index (Phi) is 5.41. The van der Waals surface area contributed by atoms with Crippen LogP contribution < -0.4 is 4.74 Å². The third-order valence-electron chi connectivity index (χ3n) is 4.06. The summed E-state index contributed by atoms with van der Waals surface area (Å²) in [5, 5.41) is 0. The molecule has 1 fully saturated rings. The molecule has 1 aliphatic rings. The molecule has 5 heteroatoms. The number of likely N-dealkylation sites (tertiary alicyclic amines) is 1. The standard InChI is InChI=1S/C17H23NO4/c1-4-22-17(20)13-7-9-18(10-8-13)16(19)14-6-5-12(2)15(11-14)21-3/h5-6,11,13H,4,7-10H2,1-3H3. The lowest BCUT2D eigenvalue weighted by molar-refractivity contribution is -0.149. The molecule has 1 aromatic rings. The molecule has 22 heavy (non-hydrogen) atoms. The first-order chi connectivity index (χ1) is 10.6. The number of benzene rings is 1. The van der Waals surface area contributed by atoms with E-state index < -0.39 is 0 Å². The number of hydrogen-bond donors (Lipinski definition) is 0. The molecule has 5 nitrogen and oxygen atoms in total. The van der Waals surface area contributed by atoms with E-state index in [1.807, 2.05) is 19.1 Å². The van der Waals surface area contributed by atoms with Gasteiger partial charge < -0.3 is 14.4 Å². The first-order valence-corrected chi connectivity index (χ1v) is 7.67. The van der Waals surface area contributed by atoms with Crippen LogP contribution in [0.25, 0.3) is 0 Å². The summed E-state index contributed by atoms with van der Waals surface area (Å²) in [4.78, 5) is 26.1. The second kappa shape index (κ2) is 7.29. The fourth-order valence-corrected chi connectivity index (χ4v) is 2.71. The molecule has 1 aliphatic heterocycles. The van der Waals surface area contributed by atoms with E-state index in [0.29, 0.717) is 43.9 Å². The number of carbonyl (C=O) groups is 2. The van der Waals surface area contributed by atoms with Crippen molar-refractivity contribution in [2.24, 2.45) is 5.92 Å². The molecule has 0 spiro atoms. The van der Waals surface area contributed by atoms with Crippen molar-refractivity contribution in [3.05, 3.63) is 29.3 Å². The van der Waals surface area contributed by atoms with Gasteiger partial charge in [0.1, 0.15) is 5.75 Å². The Morgan fingerprint density at radius 3 is 2.55 bits per heavy atom. The highest BCUT2D eigenvalue weighted by Gasteiger charge is 2.28. The van der Waals surface area contributed by atoms with E-state index in [1.54, 1.807) is 25.0 Å². The highest BCUT2D eigenvalue weighted by Crippen LogP contribution is 2.23. The van der Waals surface area contributed by atoms with Gasteiger partial charge in [0.15, 0.2) is 0 Å². The molecule has 0 atom stereocenters. The molecule has 0 saturated carbocycles. The predicted molar refractivity (Wildman–Crippen MR) is 83.0 cm³/mol. The van der Waals surface area contributed by atoms with Crippen molar-refractivity contribution in [3.63, 3.8) is 0 Å². The van der Waals surface area contributed by atoms with Crippen molar-refractivity contribution < 1.29 is 19.1 Å². The van der Waals surface area contributed by atoms with E-state index in [1.165, 1.54) is 0 Å². The second-order valence-corrected chi connectivity index (χ2v) is 5.50. The van der Waals surface area contributed by atoms with Crippen LogP contribution in [-0.2, 0) is 9.53 Å². The van der Waals surface area contributed by atoms with Crippen LogP contribution in [0, 0.1) is 12.8 Å². The maximum Gasteiger partial charge on any atom is 0.309 e. The molecule has 0 N–H and O–H groups in total. The summed E-state index contributed by atoms with van der Waals surface area (Å²) in [5.41, 5.74) is 1.62. The molecule has 1 amide bonds. The number of nitrogens with zero attached hydrogens (tertiary/aromatic N) is 1. The minimum absolute atomic E-state index is 0.0133. The Morgan fingerprint density at radius 2 is 1.95 bits per heavy atom. The molecule has 120 valence electrons. The highest BCUT2D eigenvalue weighted by molar-refractivity contribution is 5.95. The largest absolute Gasteiger partial charge is 0.496 e. The lowest BCUT2D eigenvalue weighted by Crippen LogP contribution is -2.40. The molecule has 2 rings (SSSR count). The minimum Gasteiger partial charge on any atom is -0.496 e. The monoisotopic (exact) mass is 305 g/mol. The summed E-state index contributed by atoms with van der Waals surface area (Å²) in [5.74, 6) is 0.469. The normalized spacial score (nSPS) is 15.5. The highest BCUT2D eigenvalue weighted by atomic mass is 16.5. The number of hydrogen-bond acceptors (Lipinski definition) is 4.